The molecular formula is C19H23F3N4O2S. The third kappa shape index (κ3) is 6.75. The lowest BCUT2D eigenvalue weighted by Gasteiger charge is -2.12. The highest BCUT2D eigenvalue weighted by atomic mass is 32.2. The first-order valence-corrected chi connectivity index (χ1v) is 10.3. The highest BCUT2D eigenvalue weighted by molar-refractivity contribution is 7.89. The molecule has 3 N–H and O–H groups in total. The Morgan fingerprint density at radius 2 is 1.72 bits per heavy atom. The van der Waals surface area contributed by atoms with Gasteiger partial charge < -0.3 is 10.6 Å². The van der Waals surface area contributed by atoms with Crippen molar-refractivity contribution in [1.29, 1.82) is 0 Å². The van der Waals surface area contributed by atoms with E-state index in [-0.39, 0.29) is 11.4 Å². The molecule has 0 heterocycles. The van der Waals surface area contributed by atoms with E-state index in [1.54, 1.807) is 18.2 Å². The number of guanidine groups is 1. The molecule has 6 nitrogen and oxygen atoms in total. The van der Waals surface area contributed by atoms with Gasteiger partial charge in [0.05, 0.1) is 17.0 Å². The Bertz CT molecular complexity index is 943. The van der Waals surface area contributed by atoms with Crippen molar-refractivity contribution in [3.8, 4) is 0 Å². The van der Waals surface area contributed by atoms with Crippen LogP contribution in [0.2, 0.25) is 0 Å². The fraction of sp³-hybridized carbons (Fsp3) is 0.316. The average Bonchev–Trinajstić information content (AvgIpc) is 2.70. The molecule has 0 saturated heterocycles. The van der Waals surface area contributed by atoms with Crippen molar-refractivity contribution in [3.05, 3.63) is 65.2 Å². The van der Waals surface area contributed by atoms with E-state index in [4.69, 9.17) is 0 Å². The minimum atomic E-state index is -4.39. The Hall–Kier alpha value is -2.59. The molecule has 0 bridgehead atoms. The molecule has 0 unspecified atom stereocenters. The van der Waals surface area contributed by atoms with E-state index in [0.717, 1.165) is 17.7 Å². The maximum atomic E-state index is 12.8. The van der Waals surface area contributed by atoms with Crippen LogP contribution in [0.1, 0.15) is 23.6 Å². The van der Waals surface area contributed by atoms with Crippen molar-refractivity contribution in [2.24, 2.45) is 4.99 Å². The smallest absolute Gasteiger partial charge is 0.357 e. The van der Waals surface area contributed by atoms with Crippen molar-refractivity contribution in [2.75, 3.05) is 13.6 Å². The minimum Gasteiger partial charge on any atom is -0.357 e. The molecular weight excluding hydrogens is 405 g/mol. The molecule has 0 amide bonds. The third-order valence-electron chi connectivity index (χ3n) is 3.98. The number of sulfonamides is 1. The van der Waals surface area contributed by atoms with Gasteiger partial charge in [0.25, 0.3) is 0 Å². The van der Waals surface area contributed by atoms with E-state index in [1.807, 2.05) is 6.92 Å². The van der Waals surface area contributed by atoms with Crippen molar-refractivity contribution in [1.82, 2.24) is 15.4 Å². The lowest BCUT2D eigenvalue weighted by Crippen LogP contribution is -2.36. The van der Waals surface area contributed by atoms with Crippen LogP contribution in [0.4, 0.5) is 13.2 Å². The van der Waals surface area contributed by atoms with Crippen LogP contribution >= 0.6 is 0 Å². The summed E-state index contributed by atoms with van der Waals surface area (Å²) in [4.78, 5) is 4.47. The molecule has 0 spiro atoms. The highest BCUT2D eigenvalue weighted by Crippen LogP contribution is 2.29. The predicted octanol–water partition coefficient (Wildman–Crippen LogP) is 2.87. The first-order chi connectivity index (χ1) is 13.7. The van der Waals surface area contributed by atoms with Crippen LogP contribution in [0.15, 0.2) is 58.4 Å². The van der Waals surface area contributed by atoms with E-state index in [1.165, 1.54) is 25.2 Å². The number of aliphatic imine (C=N–C) groups is 1. The second-order valence-corrected chi connectivity index (χ2v) is 7.98. The van der Waals surface area contributed by atoms with Gasteiger partial charge in [-0.15, -0.1) is 0 Å². The van der Waals surface area contributed by atoms with Crippen LogP contribution in [0.5, 0.6) is 0 Å². The fourth-order valence-corrected chi connectivity index (χ4v) is 3.18. The van der Waals surface area contributed by atoms with E-state index in [0.29, 0.717) is 24.6 Å². The molecule has 2 aromatic rings. The maximum absolute atomic E-state index is 12.8. The topological polar surface area (TPSA) is 82.6 Å². The van der Waals surface area contributed by atoms with E-state index < -0.39 is 21.8 Å². The Balaban J connectivity index is 2.05. The zero-order valence-corrected chi connectivity index (χ0v) is 16.9. The van der Waals surface area contributed by atoms with Crippen molar-refractivity contribution < 1.29 is 21.6 Å². The Labute approximate surface area is 168 Å². The minimum absolute atomic E-state index is 0.0819. The zero-order chi connectivity index (χ0) is 21.5. The van der Waals surface area contributed by atoms with E-state index in [9.17, 15) is 21.6 Å². The number of halogens is 3. The van der Waals surface area contributed by atoms with Gasteiger partial charge >= 0.3 is 6.18 Å². The number of alkyl halides is 3. The number of benzene rings is 2. The molecule has 0 radical (unpaired) electrons. The van der Waals surface area contributed by atoms with Crippen LogP contribution in [0.3, 0.4) is 0 Å². The molecule has 0 atom stereocenters. The summed E-state index contributed by atoms with van der Waals surface area (Å²) < 4.78 is 64.2. The Kier molecular flexibility index (Phi) is 7.63. The quantitative estimate of drug-likeness (QED) is 0.468. The number of hydrogen-bond acceptors (Lipinski definition) is 3. The summed E-state index contributed by atoms with van der Waals surface area (Å²) in [5.41, 5.74) is 0.558. The number of nitrogens with zero attached hydrogens (tertiary/aromatic N) is 1. The second kappa shape index (κ2) is 9.75. The third-order valence-corrected chi connectivity index (χ3v) is 5.41. The standard InChI is InChI=1S/C19H23F3N4O2S/c1-3-24-18(26-13-15-5-4-6-16(11-15)19(20,21)22)25-12-14-7-9-17(10-8-14)29(27,28)23-2/h4-11,23H,3,12-13H2,1-2H3,(H2,24,25,26). The van der Waals surface area contributed by atoms with E-state index >= 15 is 0 Å². The maximum Gasteiger partial charge on any atom is 0.416 e. The average molecular weight is 428 g/mol. The van der Waals surface area contributed by atoms with Crippen molar-refractivity contribution in [3.63, 3.8) is 0 Å². The summed E-state index contributed by atoms with van der Waals surface area (Å²) in [7, 11) is -2.15. The summed E-state index contributed by atoms with van der Waals surface area (Å²) in [5.74, 6) is 0.442. The summed E-state index contributed by atoms with van der Waals surface area (Å²) in [6.45, 7) is 2.90. The van der Waals surface area contributed by atoms with Gasteiger partial charge in [-0.1, -0.05) is 24.3 Å². The number of nitrogens with one attached hydrogen (secondary N) is 3. The molecule has 10 heteroatoms. The lowest BCUT2D eigenvalue weighted by atomic mass is 10.1. The predicted molar refractivity (Wildman–Crippen MR) is 106 cm³/mol. The van der Waals surface area contributed by atoms with Gasteiger partial charge in [0.1, 0.15) is 0 Å². The van der Waals surface area contributed by atoms with Gasteiger partial charge in [0.2, 0.25) is 10.0 Å². The van der Waals surface area contributed by atoms with Gasteiger partial charge in [-0.25, -0.2) is 18.1 Å². The molecule has 0 aliphatic carbocycles. The van der Waals surface area contributed by atoms with Gasteiger partial charge in [-0.3, -0.25) is 0 Å². The van der Waals surface area contributed by atoms with Gasteiger partial charge in [0, 0.05) is 13.1 Å². The van der Waals surface area contributed by atoms with Crippen LogP contribution in [0.25, 0.3) is 0 Å². The van der Waals surface area contributed by atoms with Crippen LogP contribution < -0.4 is 15.4 Å². The van der Waals surface area contributed by atoms with Crippen LogP contribution in [0, 0.1) is 0 Å². The number of hydrogen-bond donors (Lipinski definition) is 3. The Morgan fingerprint density at radius 1 is 1.03 bits per heavy atom. The fourth-order valence-electron chi connectivity index (χ4n) is 2.45. The lowest BCUT2D eigenvalue weighted by molar-refractivity contribution is -0.137. The monoisotopic (exact) mass is 428 g/mol. The van der Waals surface area contributed by atoms with E-state index in [2.05, 4.69) is 20.3 Å². The van der Waals surface area contributed by atoms with Gasteiger partial charge in [-0.2, -0.15) is 13.2 Å². The molecule has 29 heavy (non-hydrogen) atoms. The largest absolute Gasteiger partial charge is 0.416 e. The summed E-state index contributed by atoms with van der Waals surface area (Å²) >= 11 is 0. The SMILES string of the molecule is CCNC(=NCc1cccc(C(F)(F)F)c1)NCc1ccc(S(=O)(=O)NC)cc1. The second-order valence-electron chi connectivity index (χ2n) is 6.10. The Morgan fingerprint density at radius 3 is 2.31 bits per heavy atom. The molecule has 158 valence electrons. The van der Waals surface area contributed by atoms with Crippen LogP contribution in [-0.2, 0) is 29.3 Å². The summed E-state index contributed by atoms with van der Waals surface area (Å²) in [5, 5.41) is 6.10. The van der Waals surface area contributed by atoms with Gasteiger partial charge in [-0.05, 0) is 49.4 Å². The summed E-state index contributed by atoms with van der Waals surface area (Å²) in [6, 6.07) is 11.4. The highest BCUT2D eigenvalue weighted by Gasteiger charge is 2.30. The summed E-state index contributed by atoms with van der Waals surface area (Å²) in [6.07, 6.45) is -4.39. The molecule has 0 fully saturated rings. The molecule has 0 aliphatic rings. The molecule has 0 aromatic heterocycles. The van der Waals surface area contributed by atoms with Crippen molar-refractivity contribution in [2.45, 2.75) is 31.1 Å². The first kappa shape index (κ1) is 22.7. The van der Waals surface area contributed by atoms with Gasteiger partial charge in [0.15, 0.2) is 5.96 Å². The normalized spacial score (nSPS) is 12.7. The van der Waals surface area contributed by atoms with Crippen LogP contribution in [-0.4, -0.2) is 28.0 Å². The molecule has 0 saturated carbocycles. The number of rotatable bonds is 7. The molecule has 2 aromatic carbocycles. The molecule has 2 rings (SSSR count). The van der Waals surface area contributed by atoms with Crippen molar-refractivity contribution >= 4 is 16.0 Å². The zero-order valence-electron chi connectivity index (χ0n) is 16.0. The first-order valence-electron chi connectivity index (χ1n) is 8.86. The molecule has 0 aliphatic heterocycles.